The number of hydrogen-bond donors (Lipinski definition) is 1. The number of aromatic nitrogens is 2. The number of imidazole rings is 1. The lowest BCUT2D eigenvalue weighted by atomic mass is 10.2. The fraction of sp³-hybridized carbons (Fsp3) is 0.0588. The highest BCUT2D eigenvalue weighted by Gasteiger charge is 2.07. The van der Waals surface area contributed by atoms with E-state index in [-0.39, 0.29) is 5.91 Å². The number of amides is 1. The molecule has 5 heteroatoms. The van der Waals surface area contributed by atoms with Gasteiger partial charge in [-0.2, -0.15) is 0 Å². The number of nitrogens with one attached hydrogen (secondary N) is 1. The van der Waals surface area contributed by atoms with Gasteiger partial charge in [0.1, 0.15) is 5.65 Å². The highest BCUT2D eigenvalue weighted by molar-refractivity contribution is 6.31. The summed E-state index contributed by atoms with van der Waals surface area (Å²) in [5.41, 5.74) is 2.49. The maximum Gasteiger partial charge on any atom is 0.244 e. The lowest BCUT2D eigenvalue weighted by Crippen LogP contribution is -2.20. The Balaban J connectivity index is 1.70. The normalized spacial score (nSPS) is 11.1. The lowest BCUT2D eigenvalue weighted by Gasteiger charge is -2.02. The number of nitrogens with zero attached hydrogens (tertiary/aromatic N) is 2. The van der Waals surface area contributed by atoms with Crippen LogP contribution in [0.3, 0.4) is 0 Å². The highest BCUT2D eigenvalue weighted by Crippen LogP contribution is 2.18. The second-order valence-corrected chi connectivity index (χ2v) is 5.11. The van der Waals surface area contributed by atoms with E-state index in [9.17, 15) is 4.79 Å². The van der Waals surface area contributed by atoms with E-state index in [2.05, 4.69) is 10.3 Å². The minimum Gasteiger partial charge on any atom is -0.348 e. The first-order chi connectivity index (χ1) is 10.7. The number of benzene rings is 1. The summed E-state index contributed by atoms with van der Waals surface area (Å²) in [6, 6.07) is 15.4. The van der Waals surface area contributed by atoms with Crippen molar-refractivity contribution in [2.75, 3.05) is 0 Å². The Morgan fingerprint density at radius 3 is 2.77 bits per heavy atom. The summed E-state index contributed by atoms with van der Waals surface area (Å²) in [5, 5.41) is 3.20. The molecular weight excluding hydrogens is 298 g/mol. The van der Waals surface area contributed by atoms with Gasteiger partial charge < -0.3 is 5.32 Å². The first-order valence-electron chi connectivity index (χ1n) is 6.86. The summed E-state index contributed by atoms with van der Waals surface area (Å²) in [4.78, 5) is 16.1. The molecule has 0 saturated carbocycles. The number of pyridine rings is 1. The Morgan fingerprint density at radius 2 is 1.95 bits per heavy atom. The number of carbonyl (C=O) groups excluding carboxylic acids is 1. The van der Waals surface area contributed by atoms with Crippen molar-refractivity contribution < 1.29 is 4.79 Å². The van der Waals surface area contributed by atoms with Crippen LogP contribution in [-0.2, 0) is 11.3 Å². The Kier molecular flexibility index (Phi) is 4.21. The molecule has 1 N–H and O–H groups in total. The molecule has 22 heavy (non-hydrogen) atoms. The molecule has 0 atom stereocenters. The molecule has 2 aromatic heterocycles. The first-order valence-corrected chi connectivity index (χ1v) is 7.24. The van der Waals surface area contributed by atoms with Crippen LogP contribution in [0.2, 0.25) is 5.15 Å². The van der Waals surface area contributed by atoms with Crippen LogP contribution >= 0.6 is 11.6 Å². The molecule has 0 unspecified atom stereocenters. The second-order valence-electron chi connectivity index (χ2n) is 4.75. The standard InChI is InChI=1S/C17H14ClN3O/c18-17-14(21-11-5-4-8-15(21)20-17)9-10-16(22)19-12-13-6-2-1-3-7-13/h1-11H,12H2,(H,19,22)/b10-9+. The summed E-state index contributed by atoms with van der Waals surface area (Å²) >= 11 is 6.11. The van der Waals surface area contributed by atoms with Crippen molar-refractivity contribution >= 4 is 29.2 Å². The van der Waals surface area contributed by atoms with Gasteiger partial charge >= 0.3 is 0 Å². The molecule has 0 aliphatic rings. The van der Waals surface area contributed by atoms with Crippen LogP contribution in [0.25, 0.3) is 11.7 Å². The molecule has 0 bridgehead atoms. The van der Waals surface area contributed by atoms with Gasteiger partial charge in [0.25, 0.3) is 0 Å². The Labute approximate surface area is 133 Å². The topological polar surface area (TPSA) is 46.4 Å². The third kappa shape index (κ3) is 3.18. The lowest BCUT2D eigenvalue weighted by molar-refractivity contribution is -0.116. The molecule has 3 aromatic rings. The van der Waals surface area contributed by atoms with Crippen LogP contribution in [-0.4, -0.2) is 15.3 Å². The van der Waals surface area contributed by atoms with Crippen molar-refractivity contribution in [2.24, 2.45) is 0 Å². The van der Waals surface area contributed by atoms with E-state index in [1.165, 1.54) is 6.08 Å². The predicted octanol–water partition coefficient (Wildman–Crippen LogP) is 3.32. The molecule has 1 amide bonds. The molecule has 0 radical (unpaired) electrons. The van der Waals surface area contributed by atoms with Gasteiger partial charge in [-0.25, -0.2) is 4.98 Å². The summed E-state index contributed by atoms with van der Waals surface area (Å²) < 4.78 is 1.84. The third-order valence-electron chi connectivity index (χ3n) is 3.22. The second kappa shape index (κ2) is 6.45. The molecule has 1 aromatic carbocycles. The average Bonchev–Trinajstić information content (AvgIpc) is 2.87. The van der Waals surface area contributed by atoms with Gasteiger partial charge in [0, 0.05) is 18.8 Å². The van der Waals surface area contributed by atoms with E-state index in [1.807, 2.05) is 59.1 Å². The minimum absolute atomic E-state index is 0.175. The number of fused-ring (bicyclic) bond motifs is 1. The summed E-state index contributed by atoms with van der Waals surface area (Å²) in [5.74, 6) is -0.175. The zero-order valence-electron chi connectivity index (χ0n) is 11.7. The quantitative estimate of drug-likeness (QED) is 0.751. The van der Waals surface area contributed by atoms with Crippen molar-refractivity contribution in [2.45, 2.75) is 6.54 Å². The minimum atomic E-state index is -0.175. The van der Waals surface area contributed by atoms with Gasteiger partial charge in [-0.3, -0.25) is 9.20 Å². The molecule has 2 heterocycles. The molecule has 0 fully saturated rings. The van der Waals surface area contributed by atoms with Crippen LogP contribution in [0, 0.1) is 0 Å². The largest absolute Gasteiger partial charge is 0.348 e. The van der Waals surface area contributed by atoms with E-state index >= 15 is 0 Å². The van der Waals surface area contributed by atoms with Crippen LogP contribution in [0.1, 0.15) is 11.3 Å². The van der Waals surface area contributed by atoms with E-state index in [0.29, 0.717) is 17.4 Å². The molecule has 4 nitrogen and oxygen atoms in total. The number of carbonyl (C=O) groups is 1. The molecule has 110 valence electrons. The maximum absolute atomic E-state index is 11.9. The zero-order chi connectivity index (χ0) is 15.4. The predicted molar refractivity (Wildman–Crippen MR) is 87.5 cm³/mol. The molecular formula is C17H14ClN3O. The van der Waals surface area contributed by atoms with E-state index in [1.54, 1.807) is 6.08 Å². The Morgan fingerprint density at radius 1 is 1.18 bits per heavy atom. The van der Waals surface area contributed by atoms with Gasteiger partial charge in [-0.1, -0.05) is 48.0 Å². The smallest absolute Gasteiger partial charge is 0.244 e. The van der Waals surface area contributed by atoms with Crippen molar-refractivity contribution in [1.29, 1.82) is 0 Å². The summed E-state index contributed by atoms with van der Waals surface area (Å²) in [6.07, 6.45) is 4.99. The van der Waals surface area contributed by atoms with E-state index in [4.69, 9.17) is 11.6 Å². The molecule has 3 rings (SSSR count). The van der Waals surface area contributed by atoms with Crippen LogP contribution < -0.4 is 5.32 Å². The van der Waals surface area contributed by atoms with Crippen molar-refractivity contribution in [3.05, 3.63) is 77.2 Å². The van der Waals surface area contributed by atoms with Crippen LogP contribution in [0.5, 0.6) is 0 Å². The average molecular weight is 312 g/mol. The van der Waals surface area contributed by atoms with Gasteiger partial charge in [-0.05, 0) is 23.8 Å². The molecule has 0 spiro atoms. The molecule has 0 aliphatic heterocycles. The first kappa shape index (κ1) is 14.4. The zero-order valence-corrected chi connectivity index (χ0v) is 12.5. The monoisotopic (exact) mass is 311 g/mol. The third-order valence-corrected chi connectivity index (χ3v) is 3.50. The van der Waals surface area contributed by atoms with Crippen molar-refractivity contribution in [3.63, 3.8) is 0 Å². The fourth-order valence-corrected chi connectivity index (χ4v) is 2.37. The van der Waals surface area contributed by atoms with Gasteiger partial charge in [0.15, 0.2) is 5.15 Å². The van der Waals surface area contributed by atoms with Crippen LogP contribution in [0.15, 0.2) is 60.8 Å². The maximum atomic E-state index is 11.9. The Hall–Kier alpha value is -2.59. The number of rotatable bonds is 4. The van der Waals surface area contributed by atoms with Crippen molar-refractivity contribution in [3.8, 4) is 0 Å². The SMILES string of the molecule is O=C(/C=C/c1c(Cl)nc2ccccn12)NCc1ccccc1. The molecule has 0 saturated heterocycles. The highest BCUT2D eigenvalue weighted by atomic mass is 35.5. The van der Waals surface area contributed by atoms with Gasteiger partial charge in [-0.15, -0.1) is 0 Å². The number of halogens is 1. The fourth-order valence-electron chi connectivity index (χ4n) is 2.13. The Bertz CT molecular complexity index is 824. The van der Waals surface area contributed by atoms with Gasteiger partial charge in [0.2, 0.25) is 5.91 Å². The molecule has 0 aliphatic carbocycles. The summed E-state index contributed by atoms with van der Waals surface area (Å²) in [7, 11) is 0. The van der Waals surface area contributed by atoms with E-state index in [0.717, 1.165) is 11.2 Å². The van der Waals surface area contributed by atoms with Crippen molar-refractivity contribution in [1.82, 2.24) is 14.7 Å². The van der Waals surface area contributed by atoms with Gasteiger partial charge in [0.05, 0.1) is 5.69 Å². The number of hydrogen-bond acceptors (Lipinski definition) is 2. The van der Waals surface area contributed by atoms with E-state index < -0.39 is 0 Å². The van der Waals surface area contributed by atoms with Crippen LogP contribution in [0.4, 0.5) is 0 Å². The summed E-state index contributed by atoms with van der Waals surface area (Å²) in [6.45, 7) is 0.491.